The van der Waals surface area contributed by atoms with Crippen LogP contribution in [0.15, 0.2) is 54.6 Å². The second-order valence-electron chi connectivity index (χ2n) is 8.14. The highest BCUT2D eigenvalue weighted by Crippen LogP contribution is 2.29. The Bertz CT molecular complexity index is 1190. The van der Waals surface area contributed by atoms with Gasteiger partial charge in [-0.3, -0.25) is 9.59 Å². The van der Waals surface area contributed by atoms with Crippen LogP contribution in [0.3, 0.4) is 0 Å². The number of anilines is 1. The number of nitrogens with one attached hydrogen (secondary N) is 2. The highest BCUT2D eigenvalue weighted by molar-refractivity contribution is 6.32. The summed E-state index contributed by atoms with van der Waals surface area (Å²) in [6, 6.07) is 14.9. The smallest absolute Gasteiger partial charge is 0.325 e. The fourth-order valence-electron chi connectivity index (χ4n) is 3.57. The quantitative estimate of drug-likeness (QED) is 0.389. The lowest BCUT2D eigenvalue weighted by Crippen LogP contribution is -2.38. The number of carboxylic acids is 1. The fraction of sp³-hybridized carbons (Fsp3) is 0.231. The van der Waals surface area contributed by atoms with Crippen molar-refractivity contribution in [2.45, 2.75) is 39.8 Å². The molecule has 0 saturated heterocycles. The van der Waals surface area contributed by atoms with Crippen molar-refractivity contribution in [2.75, 3.05) is 5.32 Å². The van der Waals surface area contributed by atoms with Gasteiger partial charge in [-0.2, -0.15) is 0 Å². The maximum atomic E-state index is 14.6. The summed E-state index contributed by atoms with van der Waals surface area (Å²) in [6.45, 7) is 7.33. The molecule has 0 aromatic heterocycles. The Morgan fingerprint density at radius 1 is 0.970 bits per heavy atom. The molecule has 0 saturated carbocycles. The van der Waals surface area contributed by atoms with Gasteiger partial charge >= 0.3 is 5.97 Å². The van der Waals surface area contributed by atoms with Crippen molar-refractivity contribution in [3.8, 4) is 11.1 Å². The fourth-order valence-corrected chi connectivity index (χ4v) is 3.68. The van der Waals surface area contributed by atoms with Gasteiger partial charge in [0, 0.05) is 16.8 Å². The lowest BCUT2D eigenvalue weighted by Gasteiger charge is -2.18. The first kappa shape index (κ1) is 24.3. The molecule has 0 radical (unpaired) electrons. The van der Waals surface area contributed by atoms with Gasteiger partial charge < -0.3 is 15.7 Å². The number of aliphatic carboxylic acids is 1. The lowest BCUT2D eigenvalue weighted by molar-refractivity contribution is -0.138. The zero-order valence-electron chi connectivity index (χ0n) is 18.9. The molecular formula is C26H26ClFN2O3. The standard InChI is InChI=1S/C26H26ClFN2O3/c1-14-10-20(11-15(2)24(14)27)16(3)29-21-7-5-6-18(12-21)19-8-9-22(23(28)13-19)25(31)30-17(4)26(32)33/h5-13,16-17,29H,1-4H3,(H,30,31)(H,32,33). The molecule has 0 fully saturated rings. The van der Waals surface area contributed by atoms with Gasteiger partial charge in [-0.1, -0.05) is 41.9 Å². The minimum absolute atomic E-state index is 0.0222. The largest absolute Gasteiger partial charge is 0.480 e. The summed E-state index contributed by atoms with van der Waals surface area (Å²) in [4.78, 5) is 23.1. The highest BCUT2D eigenvalue weighted by atomic mass is 35.5. The average molecular weight is 469 g/mol. The van der Waals surface area contributed by atoms with E-state index in [-0.39, 0.29) is 11.6 Å². The second-order valence-corrected chi connectivity index (χ2v) is 8.52. The molecule has 0 spiro atoms. The molecule has 0 heterocycles. The van der Waals surface area contributed by atoms with Gasteiger partial charge in [0.2, 0.25) is 0 Å². The van der Waals surface area contributed by atoms with Crippen molar-refractivity contribution in [1.29, 1.82) is 0 Å². The number of benzene rings is 3. The van der Waals surface area contributed by atoms with E-state index in [4.69, 9.17) is 16.7 Å². The molecule has 0 aliphatic rings. The Morgan fingerprint density at radius 2 is 1.61 bits per heavy atom. The highest BCUT2D eigenvalue weighted by Gasteiger charge is 2.18. The summed E-state index contributed by atoms with van der Waals surface area (Å²) < 4.78 is 14.6. The number of carboxylic acid groups (broad SMARTS) is 1. The van der Waals surface area contributed by atoms with Crippen molar-refractivity contribution < 1.29 is 19.1 Å². The minimum atomic E-state index is -1.19. The molecule has 2 unspecified atom stereocenters. The summed E-state index contributed by atoms with van der Waals surface area (Å²) in [6.07, 6.45) is 0. The van der Waals surface area contributed by atoms with E-state index >= 15 is 0 Å². The molecule has 33 heavy (non-hydrogen) atoms. The van der Waals surface area contributed by atoms with E-state index in [2.05, 4.69) is 29.7 Å². The van der Waals surface area contributed by atoms with Crippen molar-refractivity contribution in [3.05, 3.63) is 87.7 Å². The molecule has 3 rings (SSSR count). The molecule has 0 aliphatic carbocycles. The molecule has 5 nitrogen and oxygen atoms in total. The number of carbonyl (C=O) groups is 2. The Kier molecular flexibility index (Phi) is 7.39. The molecule has 1 amide bonds. The molecule has 3 aromatic carbocycles. The Hall–Kier alpha value is -3.38. The molecule has 172 valence electrons. The summed E-state index contributed by atoms with van der Waals surface area (Å²) in [7, 11) is 0. The summed E-state index contributed by atoms with van der Waals surface area (Å²) in [5.74, 6) is -2.68. The predicted octanol–water partition coefficient (Wildman–Crippen LogP) is 6.14. The van der Waals surface area contributed by atoms with Crippen LogP contribution in [0.5, 0.6) is 0 Å². The van der Waals surface area contributed by atoms with E-state index in [1.54, 1.807) is 6.07 Å². The third-order valence-corrected chi connectivity index (χ3v) is 6.07. The van der Waals surface area contributed by atoms with E-state index in [1.165, 1.54) is 19.1 Å². The average Bonchev–Trinajstić information content (AvgIpc) is 2.76. The van der Waals surface area contributed by atoms with Gasteiger partial charge in [0.15, 0.2) is 0 Å². The maximum Gasteiger partial charge on any atom is 0.325 e. The zero-order valence-corrected chi connectivity index (χ0v) is 19.6. The van der Waals surface area contributed by atoms with Gasteiger partial charge in [0.05, 0.1) is 5.56 Å². The lowest BCUT2D eigenvalue weighted by atomic mass is 10.0. The molecule has 7 heteroatoms. The van der Waals surface area contributed by atoms with Crippen molar-refractivity contribution in [3.63, 3.8) is 0 Å². The van der Waals surface area contributed by atoms with Crippen LogP contribution in [-0.2, 0) is 4.79 Å². The maximum absolute atomic E-state index is 14.6. The van der Waals surface area contributed by atoms with Crippen LogP contribution in [-0.4, -0.2) is 23.0 Å². The number of aryl methyl sites for hydroxylation is 2. The van der Waals surface area contributed by atoms with Crippen LogP contribution in [0.1, 0.15) is 46.9 Å². The summed E-state index contributed by atoms with van der Waals surface area (Å²) in [5.41, 5.74) is 5.19. The molecule has 3 N–H and O–H groups in total. The number of hydrogen-bond acceptors (Lipinski definition) is 3. The normalized spacial score (nSPS) is 12.7. The van der Waals surface area contributed by atoms with E-state index in [0.717, 1.165) is 33.0 Å². The van der Waals surface area contributed by atoms with Gasteiger partial charge in [0.1, 0.15) is 11.9 Å². The number of hydrogen-bond donors (Lipinski definition) is 3. The Morgan fingerprint density at radius 3 is 2.21 bits per heavy atom. The molecule has 0 aliphatic heterocycles. The third kappa shape index (κ3) is 5.71. The third-order valence-electron chi connectivity index (χ3n) is 5.47. The Labute approximate surface area is 197 Å². The van der Waals surface area contributed by atoms with E-state index in [9.17, 15) is 14.0 Å². The van der Waals surface area contributed by atoms with Crippen molar-refractivity contribution in [2.24, 2.45) is 0 Å². The first-order valence-corrected chi connectivity index (χ1v) is 10.9. The van der Waals surface area contributed by atoms with Crippen LogP contribution >= 0.6 is 11.6 Å². The van der Waals surface area contributed by atoms with Crippen LogP contribution in [0.4, 0.5) is 10.1 Å². The summed E-state index contributed by atoms with van der Waals surface area (Å²) >= 11 is 6.28. The SMILES string of the molecule is Cc1cc(C(C)Nc2cccc(-c3ccc(C(=O)NC(C)C(=O)O)c(F)c3)c2)cc(C)c1Cl. The van der Waals surface area contributed by atoms with E-state index < -0.39 is 23.7 Å². The number of halogens is 2. The molecule has 2 atom stereocenters. The topological polar surface area (TPSA) is 78.4 Å². The van der Waals surface area contributed by atoms with Crippen molar-refractivity contribution in [1.82, 2.24) is 5.32 Å². The van der Waals surface area contributed by atoms with Crippen LogP contribution in [0.2, 0.25) is 5.02 Å². The second kappa shape index (κ2) is 10.0. The molecule has 0 bridgehead atoms. The van der Waals surface area contributed by atoms with Crippen LogP contribution in [0.25, 0.3) is 11.1 Å². The van der Waals surface area contributed by atoms with Gasteiger partial charge in [-0.25, -0.2) is 4.39 Å². The molecule has 3 aromatic rings. The number of carbonyl (C=O) groups excluding carboxylic acids is 1. The first-order valence-electron chi connectivity index (χ1n) is 10.5. The molecular weight excluding hydrogens is 443 g/mol. The Balaban J connectivity index is 1.80. The summed E-state index contributed by atoms with van der Waals surface area (Å²) in [5, 5.41) is 15.4. The van der Waals surface area contributed by atoms with Crippen molar-refractivity contribution >= 4 is 29.2 Å². The number of amides is 1. The van der Waals surface area contributed by atoms with Crippen LogP contribution < -0.4 is 10.6 Å². The van der Waals surface area contributed by atoms with E-state index in [1.807, 2.05) is 38.1 Å². The van der Waals surface area contributed by atoms with Gasteiger partial charge in [-0.05, 0) is 79.8 Å². The zero-order chi connectivity index (χ0) is 24.3. The monoisotopic (exact) mass is 468 g/mol. The van der Waals surface area contributed by atoms with Gasteiger partial charge in [-0.15, -0.1) is 0 Å². The van der Waals surface area contributed by atoms with Gasteiger partial charge in [0.25, 0.3) is 5.91 Å². The van der Waals surface area contributed by atoms with E-state index in [0.29, 0.717) is 5.56 Å². The predicted molar refractivity (Wildman–Crippen MR) is 129 cm³/mol. The first-order chi connectivity index (χ1) is 15.6. The minimum Gasteiger partial charge on any atom is -0.480 e. The number of rotatable bonds is 7. The van der Waals surface area contributed by atoms with Crippen LogP contribution in [0, 0.1) is 19.7 Å².